The summed E-state index contributed by atoms with van der Waals surface area (Å²) in [6.07, 6.45) is 3.83. The smallest absolute Gasteiger partial charge is 0.259 e. The van der Waals surface area contributed by atoms with Gasteiger partial charge in [0.05, 0.1) is 41.0 Å². The number of amides is 1. The molecule has 4 aromatic rings. The van der Waals surface area contributed by atoms with Gasteiger partial charge in [-0.1, -0.05) is 41.9 Å². The van der Waals surface area contributed by atoms with Crippen molar-refractivity contribution in [2.45, 2.75) is 19.9 Å². The van der Waals surface area contributed by atoms with Crippen LogP contribution in [0.15, 0.2) is 60.0 Å². The van der Waals surface area contributed by atoms with E-state index in [4.69, 9.17) is 37.7 Å². The number of aryl methyl sites for hydroxylation is 1. The van der Waals surface area contributed by atoms with Crippen LogP contribution >= 0.6 is 23.2 Å². The number of hydrogen-bond donors (Lipinski definition) is 0. The monoisotopic (exact) mass is 549 g/mol. The van der Waals surface area contributed by atoms with Crippen molar-refractivity contribution in [1.29, 1.82) is 0 Å². The molecular weight excluding hydrogens is 525 g/mol. The van der Waals surface area contributed by atoms with Crippen molar-refractivity contribution < 1.29 is 14.3 Å². The van der Waals surface area contributed by atoms with Crippen molar-refractivity contribution in [3.05, 3.63) is 81.2 Å². The first-order valence-electron chi connectivity index (χ1n) is 12.0. The van der Waals surface area contributed by atoms with Crippen molar-refractivity contribution in [3.8, 4) is 33.9 Å². The van der Waals surface area contributed by atoms with Crippen molar-refractivity contribution in [1.82, 2.24) is 9.55 Å². The third-order valence-corrected chi connectivity index (χ3v) is 7.61. The Morgan fingerprint density at radius 1 is 1.11 bits per heavy atom. The minimum atomic E-state index is -0.257. The maximum atomic E-state index is 13.8. The van der Waals surface area contributed by atoms with Gasteiger partial charge in [0.1, 0.15) is 11.5 Å². The summed E-state index contributed by atoms with van der Waals surface area (Å²) in [5.74, 6) is 0.560. The van der Waals surface area contributed by atoms with Gasteiger partial charge in [0.15, 0.2) is 0 Å². The van der Waals surface area contributed by atoms with Gasteiger partial charge in [-0.25, -0.2) is 0 Å². The maximum Gasteiger partial charge on any atom is 0.259 e. The summed E-state index contributed by atoms with van der Waals surface area (Å²) in [6.45, 7) is 6.54. The average Bonchev–Trinajstić information content (AvgIpc) is 3.36. The van der Waals surface area contributed by atoms with Crippen molar-refractivity contribution >= 4 is 45.7 Å². The van der Waals surface area contributed by atoms with Crippen LogP contribution in [0.1, 0.15) is 12.5 Å². The number of nitrogens with zero attached hydrogens (tertiary/aromatic N) is 3. The van der Waals surface area contributed by atoms with Crippen molar-refractivity contribution in [2.75, 3.05) is 25.7 Å². The van der Waals surface area contributed by atoms with E-state index in [-0.39, 0.29) is 21.5 Å². The first-order chi connectivity index (χ1) is 18.3. The van der Waals surface area contributed by atoms with E-state index in [1.54, 1.807) is 27.8 Å². The maximum absolute atomic E-state index is 13.8. The fourth-order valence-corrected chi connectivity index (χ4v) is 5.63. The predicted octanol–water partition coefficient (Wildman–Crippen LogP) is 6.15. The lowest BCUT2D eigenvalue weighted by atomic mass is 10.0. The Bertz CT molecular complexity index is 1650. The molecule has 0 radical (unpaired) electrons. The van der Waals surface area contributed by atoms with E-state index in [9.17, 15) is 9.59 Å². The van der Waals surface area contributed by atoms with E-state index in [1.165, 1.54) is 20.3 Å². The van der Waals surface area contributed by atoms with E-state index in [0.29, 0.717) is 46.9 Å². The van der Waals surface area contributed by atoms with Crippen molar-refractivity contribution in [2.24, 2.45) is 0 Å². The number of methoxy groups -OCH3 is 2. The molecule has 3 heterocycles. The molecule has 0 bridgehead atoms. The highest BCUT2D eigenvalue weighted by atomic mass is 35.5. The number of carbonyl (C=O) groups excluding carboxylic acids is 1. The van der Waals surface area contributed by atoms with E-state index < -0.39 is 0 Å². The molecule has 38 heavy (non-hydrogen) atoms. The highest BCUT2D eigenvalue weighted by Gasteiger charge is 2.25. The molecule has 0 fully saturated rings. The molecule has 0 saturated heterocycles. The van der Waals surface area contributed by atoms with Gasteiger partial charge >= 0.3 is 0 Å². The van der Waals surface area contributed by atoms with E-state index in [2.05, 4.69) is 6.58 Å². The number of hydrogen-bond acceptors (Lipinski definition) is 5. The molecule has 7 nitrogen and oxygen atoms in total. The zero-order valence-corrected chi connectivity index (χ0v) is 22.7. The number of benzene rings is 2. The molecule has 2 aromatic heterocycles. The van der Waals surface area contributed by atoms with Crippen LogP contribution in [-0.2, 0) is 17.8 Å². The predicted molar refractivity (Wildman–Crippen MR) is 152 cm³/mol. The van der Waals surface area contributed by atoms with Crippen LogP contribution < -0.4 is 19.9 Å². The summed E-state index contributed by atoms with van der Waals surface area (Å²) in [4.78, 5) is 32.5. The van der Waals surface area contributed by atoms with Gasteiger partial charge in [0.2, 0.25) is 5.91 Å². The number of pyridine rings is 2. The highest BCUT2D eigenvalue weighted by Crippen LogP contribution is 2.45. The molecule has 2 aromatic carbocycles. The molecule has 1 amide bonds. The molecule has 0 spiro atoms. The molecule has 0 saturated carbocycles. The zero-order chi connectivity index (χ0) is 27.1. The van der Waals surface area contributed by atoms with E-state index >= 15 is 0 Å². The average molecular weight is 550 g/mol. The third kappa shape index (κ3) is 4.12. The fourth-order valence-electron chi connectivity index (χ4n) is 4.92. The largest absolute Gasteiger partial charge is 0.495 e. The van der Waals surface area contributed by atoms with Gasteiger partial charge in [-0.05, 0) is 43.2 Å². The lowest BCUT2D eigenvalue weighted by Gasteiger charge is -2.17. The normalized spacial score (nSPS) is 12.5. The quantitative estimate of drug-likeness (QED) is 0.270. The Hall–Kier alpha value is -3.81. The first kappa shape index (κ1) is 25.8. The lowest BCUT2D eigenvalue weighted by Crippen LogP contribution is -2.26. The van der Waals surface area contributed by atoms with Gasteiger partial charge in [0, 0.05) is 47.6 Å². The Kier molecular flexibility index (Phi) is 6.90. The minimum Gasteiger partial charge on any atom is -0.495 e. The van der Waals surface area contributed by atoms with Crippen LogP contribution in [0.25, 0.3) is 33.3 Å². The highest BCUT2D eigenvalue weighted by molar-refractivity contribution is 6.41. The van der Waals surface area contributed by atoms with Crippen LogP contribution in [0.3, 0.4) is 0 Å². The summed E-state index contributed by atoms with van der Waals surface area (Å²) in [6, 6.07) is 11.2. The SMILES string of the molecule is C=CC(=O)N1CCc2ccc(-c3cc4c(cn3)cc(-c3c(Cl)c(OC)cc(OC)c3Cl)c(=O)n4CC)cc21. The molecule has 5 rings (SSSR count). The summed E-state index contributed by atoms with van der Waals surface area (Å²) in [5.41, 5.74) is 4.60. The zero-order valence-electron chi connectivity index (χ0n) is 21.2. The molecule has 1 aliphatic heterocycles. The minimum absolute atomic E-state index is 0.133. The topological polar surface area (TPSA) is 73.7 Å². The summed E-state index contributed by atoms with van der Waals surface area (Å²) < 4.78 is 12.4. The van der Waals surface area contributed by atoms with Gasteiger partial charge in [-0.3, -0.25) is 14.6 Å². The Balaban J connectivity index is 1.68. The second kappa shape index (κ2) is 10.2. The van der Waals surface area contributed by atoms with Gasteiger partial charge in [0.25, 0.3) is 5.56 Å². The summed E-state index contributed by atoms with van der Waals surface area (Å²) in [7, 11) is 2.97. The summed E-state index contributed by atoms with van der Waals surface area (Å²) in [5, 5.41) is 1.18. The number of anilines is 1. The Labute approximate surface area is 229 Å². The van der Waals surface area contributed by atoms with Crippen LogP contribution in [0, 0.1) is 0 Å². The third-order valence-electron chi connectivity index (χ3n) is 6.85. The first-order valence-corrected chi connectivity index (χ1v) is 12.8. The molecule has 0 aliphatic carbocycles. The second-order valence-electron chi connectivity index (χ2n) is 8.81. The Morgan fingerprint density at radius 3 is 2.45 bits per heavy atom. The lowest BCUT2D eigenvalue weighted by molar-refractivity contribution is -0.114. The molecule has 0 N–H and O–H groups in total. The molecule has 1 aliphatic rings. The number of aromatic nitrogens is 2. The van der Waals surface area contributed by atoms with E-state index in [1.807, 2.05) is 31.2 Å². The van der Waals surface area contributed by atoms with Crippen LogP contribution in [-0.4, -0.2) is 36.2 Å². The number of carbonyl (C=O) groups is 1. The Morgan fingerprint density at radius 2 is 1.82 bits per heavy atom. The van der Waals surface area contributed by atoms with Gasteiger partial charge in [-0.15, -0.1) is 0 Å². The molecule has 0 atom stereocenters. The molecular formula is C29H25Cl2N3O4. The van der Waals surface area contributed by atoms with Crippen molar-refractivity contribution in [3.63, 3.8) is 0 Å². The van der Waals surface area contributed by atoms with Crippen LogP contribution in [0.5, 0.6) is 11.5 Å². The summed E-state index contributed by atoms with van der Waals surface area (Å²) >= 11 is 13.3. The molecule has 9 heteroatoms. The molecule has 194 valence electrons. The number of rotatable bonds is 6. The number of halogens is 2. The number of fused-ring (bicyclic) bond motifs is 2. The second-order valence-corrected chi connectivity index (χ2v) is 9.56. The van der Waals surface area contributed by atoms with Gasteiger partial charge < -0.3 is 18.9 Å². The number of ether oxygens (including phenoxy) is 2. The standard InChI is InChI=1S/C29H25Cl2N3O4/c1-5-25(35)34-10-9-16-7-8-17(12-21(16)34)20-13-22-18(15-32-20)11-19(29(36)33(22)6-2)26-27(30)23(37-3)14-24(38-4)28(26)31/h5,7-8,11-15H,1,6,9-10H2,2-4H3. The van der Waals surface area contributed by atoms with Crippen LogP contribution in [0.4, 0.5) is 5.69 Å². The fraction of sp³-hybridized carbons (Fsp3) is 0.207. The van der Waals surface area contributed by atoms with E-state index in [0.717, 1.165) is 28.6 Å². The van der Waals surface area contributed by atoms with Crippen LogP contribution in [0.2, 0.25) is 10.0 Å². The van der Waals surface area contributed by atoms with Gasteiger partial charge in [-0.2, -0.15) is 0 Å². The molecule has 0 unspecified atom stereocenters.